The van der Waals surface area contributed by atoms with Gasteiger partial charge in [-0.1, -0.05) is 25.1 Å². The number of hydrogen-bond donors (Lipinski definition) is 1. The van der Waals surface area contributed by atoms with Gasteiger partial charge in [0, 0.05) is 25.0 Å². The first-order valence-electron chi connectivity index (χ1n) is 9.41. The van der Waals surface area contributed by atoms with Crippen LogP contribution < -0.4 is 5.32 Å². The molecule has 3 aromatic rings. The van der Waals surface area contributed by atoms with E-state index in [1.165, 1.54) is 5.56 Å². The fourth-order valence-electron chi connectivity index (χ4n) is 3.28. The molecule has 144 valence electrons. The first kappa shape index (κ1) is 18.2. The van der Waals surface area contributed by atoms with Gasteiger partial charge < -0.3 is 15.0 Å². The highest BCUT2D eigenvalue weighted by molar-refractivity contribution is 6.06. The molecule has 3 heterocycles. The van der Waals surface area contributed by atoms with Gasteiger partial charge in [0.2, 0.25) is 5.82 Å². The zero-order chi connectivity index (χ0) is 19.5. The van der Waals surface area contributed by atoms with E-state index in [2.05, 4.69) is 17.2 Å². The zero-order valence-electron chi connectivity index (χ0n) is 15.7. The van der Waals surface area contributed by atoms with Crippen LogP contribution in [0.2, 0.25) is 0 Å². The van der Waals surface area contributed by atoms with Gasteiger partial charge in [0.15, 0.2) is 5.69 Å². The van der Waals surface area contributed by atoms with Crippen molar-refractivity contribution in [2.45, 2.75) is 13.3 Å². The normalized spacial score (nSPS) is 14.2. The highest BCUT2D eigenvalue weighted by Gasteiger charge is 2.26. The van der Waals surface area contributed by atoms with Crippen LogP contribution in [-0.2, 0) is 11.2 Å². The van der Waals surface area contributed by atoms with E-state index in [-0.39, 0.29) is 23.3 Å². The summed E-state index contributed by atoms with van der Waals surface area (Å²) in [6.45, 7) is 4.15. The summed E-state index contributed by atoms with van der Waals surface area (Å²) < 4.78 is 6.97. The Morgan fingerprint density at radius 2 is 1.86 bits per heavy atom. The quantitative estimate of drug-likeness (QED) is 0.757. The maximum atomic E-state index is 12.9. The van der Waals surface area contributed by atoms with Gasteiger partial charge in [-0.05, 0) is 36.2 Å². The van der Waals surface area contributed by atoms with E-state index in [1.807, 2.05) is 36.4 Å². The van der Waals surface area contributed by atoms with Crippen molar-refractivity contribution in [3.8, 4) is 0 Å². The van der Waals surface area contributed by atoms with E-state index in [0.29, 0.717) is 37.5 Å². The Labute approximate surface area is 162 Å². The van der Waals surface area contributed by atoms with Gasteiger partial charge >= 0.3 is 0 Å². The molecule has 7 nitrogen and oxygen atoms in total. The number of ether oxygens (including phenoxy) is 1. The number of nitrogens with one attached hydrogen (secondary N) is 1. The molecular weight excluding hydrogens is 356 g/mol. The molecule has 1 aromatic carbocycles. The third-order valence-corrected chi connectivity index (χ3v) is 4.87. The predicted molar refractivity (Wildman–Crippen MR) is 106 cm³/mol. The second kappa shape index (κ2) is 7.82. The van der Waals surface area contributed by atoms with Crippen molar-refractivity contribution in [1.29, 1.82) is 0 Å². The Kier molecular flexibility index (Phi) is 5.08. The highest BCUT2D eigenvalue weighted by atomic mass is 16.5. The van der Waals surface area contributed by atoms with Crippen LogP contribution >= 0.6 is 0 Å². The second-order valence-corrected chi connectivity index (χ2v) is 6.65. The van der Waals surface area contributed by atoms with Crippen LogP contribution in [0.25, 0.3) is 5.52 Å². The number of pyridine rings is 1. The molecular formula is C21H22N4O3. The van der Waals surface area contributed by atoms with Crippen LogP contribution in [0, 0.1) is 0 Å². The molecule has 1 aliphatic rings. The minimum absolute atomic E-state index is 0.182. The third-order valence-electron chi connectivity index (χ3n) is 4.87. The summed E-state index contributed by atoms with van der Waals surface area (Å²) >= 11 is 0. The molecule has 0 saturated carbocycles. The van der Waals surface area contributed by atoms with Gasteiger partial charge in [0.05, 0.1) is 18.7 Å². The number of aromatic nitrogens is 2. The number of anilines is 1. The van der Waals surface area contributed by atoms with Crippen molar-refractivity contribution in [2.24, 2.45) is 0 Å². The van der Waals surface area contributed by atoms with E-state index in [4.69, 9.17) is 4.74 Å². The molecule has 1 fully saturated rings. The van der Waals surface area contributed by atoms with Crippen molar-refractivity contribution in [3.05, 3.63) is 65.7 Å². The van der Waals surface area contributed by atoms with Crippen LogP contribution in [0.5, 0.6) is 0 Å². The molecule has 7 heteroatoms. The number of hydrogen-bond acceptors (Lipinski definition) is 4. The van der Waals surface area contributed by atoms with Gasteiger partial charge in [-0.3, -0.25) is 14.0 Å². The van der Waals surface area contributed by atoms with Crippen LogP contribution in [0.15, 0.2) is 48.7 Å². The molecule has 0 atom stereocenters. The number of imidazole rings is 1. The summed E-state index contributed by atoms with van der Waals surface area (Å²) in [6, 6.07) is 13.1. The summed E-state index contributed by atoms with van der Waals surface area (Å²) in [5.41, 5.74) is 2.79. The average Bonchev–Trinajstić information content (AvgIpc) is 3.14. The molecule has 0 bridgehead atoms. The molecule has 0 spiro atoms. The van der Waals surface area contributed by atoms with E-state index in [1.54, 1.807) is 21.6 Å². The number of carbonyl (C=O) groups is 2. The van der Waals surface area contributed by atoms with Gasteiger partial charge in [-0.15, -0.1) is 0 Å². The lowest BCUT2D eigenvalue weighted by atomic mass is 10.1. The number of amides is 2. The van der Waals surface area contributed by atoms with Crippen molar-refractivity contribution in [3.63, 3.8) is 0 Å². The molecule has 0 aliphatic carbocycles. The topological polar surface area (TPSA) is 75.9 Å². The Balaban J connectivity index is 1.65. The van der Waals surface area contributed by atoms with Crippen molar-refractivity contribution in [2.75, 3.05) is 31.6 Å². The smallest absolute Gasteiger partial charge is 0.292 e. The number of fused-ring (bicyclic) bond motifs is 1. The van der Waals surface area contributed by atoms with Crippen molar-refractivity contribution < 1.29 is 14.3 Å². The molecule has 0 unspecified atom stereocenters. The average molecular weight is 378 g/mol. The van der Waals surface area contributed by atoms with E-state index >= 15 is 0 Å². The SMILES string of the molecule is CCc1ccc(NC(=O)c2nc(C(=O)N3CCOCC3)c3ccccn23)cc1. The van der Waals surface area contributed by atoms with E-state index in [9.17, 15) is 9.59 Å². The fraction of sp³-hybridized carbons (Fsp3) is 0.286. The molecule has 4 rings (SSSR count). The molecule has 1 aliphatic heterocycles. The lowest BCUT2D eigenvalue weighted by molar-refractivity contribution is 0.0300. The first-order valence-corrected chi connectivity index (χ1v) is 9.41. The minimum Gasteiger partial charge on any atom is -0.378 e. The van der Waals surface area contributed by atoms with Crippen molar-refractivity contribution in [1.82, 2.24) is 14.3 Å². The van der Waals surface area contributed by atoms with Crippen LogP contribution in [0.4, 0.5) is 5.69 Å². The van der Waals surface area contributed by atoms with Gasteiger partial charge in [-0.25, -0.2) is 4.98 Å². The van der Waals surface area contributed by atoms with Gasteiger partial charge in [0.1, 0.15) is 0 Å². The monoisotopic (exact) mass is 378 g/mol. The number of carbonyl (C=O) groups excluding carboxylic acids is 2. The van der Waals surface area contributed by atoms with Crippen LogP contribution in [-0.4, -0.2) is 52.4 Å². The number of benzene rings is 1. The van der Waals surface area contributed by atoms with Crippen LogP contribution in [0.3, 0.4) is 0 Å². The van der Waals surface area contributed by atoms with E-state index in [0.717, 1.165) is 6.42 Å². The third kappa shape index (κ3) is 3.48. The summed E-state index contributed by atoms with van der Waals surface area (Å²) in [4.78, 5) is 31.9. The highest BCUT2D eigenvalue weighted by Crippen LogP contribution is 2.18. The fourth-order valence-corrected chi connectivity index (χ4v) is 3.28. The predicted octanol–water partition coefficient (Wildman–Crippen LogP) is 2.62. The Hall–Kier alpha value is -3.19. The van der Waals surface area contributed by atoms with Gasteiger partial charge in [-0.2, -0.15) is 0 Å². The summed E-state index contributed by atoms with van der Waals surface area (Å²) in [5, 5.41) is 2.87. The molecule has 0 radical (unpaired) electrons. The minimum atomic E-state index is -0.355. The standard InChI is InChI=1S/C21H22N4O3/c1-2-15-6-8-16(9-7-15)22-20(26)19-23-18(17-5-3-4-10-25(17)19)21(27)24-11-13-28-14-12-24/h3-10H,2,11-14H2,1H3,(H,22,26). The molecule has 2 amide bonds. The lowest BCUT2D eigenvalue weighted by Crippen LogP contribution is -2.40. The first-order chi connectivity index (χ1) is 13.7. The Morgan fingerprint density at radius 1 is 1.11 bits per heavy atom. The second-order valence-electron chi connectivity index (χ2n) is 6.65. The summed E-state index contributed by atoms with van der Waals surface area (Å²) in [6.07, 6.45) is 2.68. The lowest BCUT2D eigenvalue weighted by Gasteiger charge is -2.26. The Morgan fingerprint density at radius 3 is 2.57 bits per heavy atom. The largest absolute Gasteiger partial charge is 0.378 e. The van der Waals surface area contributed by atoms with Gasteiger partial charge in [0.25, 0.3) is 11.8 Å². The van der Waals surface area contributed by atoms with Crippen LogP contribution in [0.1, 0.15) is 33.6 Å². The maximum Gasteiger partial charge on any atom is 0.292 e. The molecule has 1 saturated heterocycles. The number of nitrogens with zero attached hydrogens (tertiary/aromatic N) is 3. The number of rotatable bonds is 4. The molecule has 28 heavy (non-hydrogen) atoms. The number of aryl methyl sites for hydroxylation is 1. The number of morpholine rings is 1. The van der Waals surface area contributed by atoms with Crippen molar-refractivity contribution >= 4 is 23.0 Å². The maximum absolute atomic E-state index is 12.9. The van der Waals surface area contributed by atoms with E-state index < -0.39 is 0 Å². The summed E-state index contributed by atoms with van der Waals surface area (Å²) in [7, 11) is 0. The zero-order valence-corrected chi connectivity index (χ0v) is 15.7. The summed E-state index contributed by atoms with van der Waals surface area (Å²) in [5.74, 6) is -0.350. The molecule has 2 aromatic heterocycles. The Bertz CT molecular complexity index is 1000. The molecule has 1 N–H and O–H groups in total.